The fourth-order valence-electron chi connectivity index (χ4n) is 5.19. The Bertz CT molecular complexity index is 1530. The number of hydrogen-bond acceptors (Lipinski definition) is 7. The SMILES string of the molecule is CCCC(O)C(CC)COc1ccnc(-c2ccnc(/C=C\c3ccc4[nH]c(C(=O)N5CCN(C)CC5)cc4c3)n2)c1. The first-order valence-corrected chi connectivity index (χ1v) is 14.8. The van der Waals surface area contributed by atoms with E-state index in [9.17, 15) is 9.90 Å². The summed E-state index contributed by atoms with van der Waals surface area (Å²) in [4.78, 5) is 34.0. The summed E-state index contributed by atoms with van der Waals surface area (Å²) in [5.74, 6) is 1.40. The Labute approximate surface area is 247 Å². The molecule has 9 heteroatoms. The summed E-state index contributed by atoms with van der Waals surface area (Å²) in [5.41, 5.74) is 3.92. The van der Waals surface area contributed by atoms with Crippen molar-refractivity contribution in [2.45, 2.75) is 39.2 Å². The maximum absolute atomic E-state index is 13.0. The third-order valence-corrected chi connectivity index (χ3v) is 7.88. The molecule has 1 fully saturated rings. The van der Waals surface area contributed by atoms with E-state index in [1.807, 2.05) is 53.5 Å². The second-order valence-electron chi connectivity index (χ2n) is 11.0. The number of aromatic nitrogens is 4. The Balaban J connectivity index is 1.26. The number of nitrogens with one attached hydrogen (secondary N) is 1. The minimum atomic E-state index is -0.359. The average molecular weight is 569 g/mol. The van der Waals surface area contributed by atoms with Crippen LogP contribution in [0.2, 0.25) is 0 Å². The summed E-state index contributed by atoms with van der Waals surface area (Å²) in [6, 6.07) is 13.5. The quantitative estimate of drug-likeness (QED) is 0.258. The molecule has 2 N–H and O–H groups in total. The Morgan fingerprint density at radius 3 is 2.62 bits per heavy atom. The van der Waals surface area contributed by atoms with Crippen molar-refractivity contribution >= 4 is 29.0 Å². The first-order chi connectivity index (χ1) is 20.4. The molecule has 0 aliphatic carbocycles. The van der Waals surface area contributed by atoms with Crippen molar-refractivity contribution in [2.75, 3.05) is 39.8 Å². The van der Waals surface area contributed by atoms with Crippen LogP contribution >= 0.6 is 0 Å². The molecule has 1 saturated heterocycles. The number of aliphatic hydroxyl groups is 1. The lowest BCUT2D eigenvalue weighted by molar-refractivity contribution is 0.0650. The van der Waals surface area contributed by atoms with Gasteiger partial charge in [0, 0.05) is 61.5 Å². The van der Waals surface area contributed by atoms with Crippen LogP contribution in [0.4, 0.5) is 0 Å². The number of ether oxygens (including phenoxy) is 1. The standard InChI is InChI=1S/C33H40N6O3/c1-4-6-31(40)24(5-2)22-42-26-11-13-34-29(21-26)28-12-14-35-32(37-28)10-8-23-7-9-27-25(19-23)20-30(36-27)33(41)39-17-15-38(3)16-18-39/h7-14,19-21,24,31,36,40H,4-6,15-18,22H2,1-3H3/b10-8-. The molecule has 1 aliphatic heterocycles. The second-order valence-corrected chi connectivity index (χ2v) is 11.0. The molecule has 0 radical (unpaired) electrons. The van der Waals surface area contributed by atoms with Gasteiger partial charge in [0.05, 0.1) is 24.1 Å². The van der Waals surface area contributed by atoms with Crippen LogP contribution in [0.1, 0.15) is 55.0 Å². The highest BCUT2D eigenvalue weighted by Crippen LogP contribution is 2.23. The molecule has 220 valence electrons. The van der Waals surface area contributed by atoms with Crippen molar-refractivity contribution in [3.63, 3.8) is 0 Å². The van der Waals surface area contributed by atoms with Crippen LogP contribution in [0, 0.1) is 5.92 Å². The molecule has 0 bridgehead atoms. The summed E-state index contributed by atoms with van der Waals surface area (Å²) in [5, 5.41) is 11.4. The number of fused-ring (bicyclic) bond motifs is 1. The number of benzene rings is 1. The van der Waals surface area contributed by atoms with Gasteiger partial charge in [0.2, 0.25) is 0 Å². The predicted molar refractivity (Wildman–Crippen MR) is 166 cm³/mol. The zero-order valence-corrected chi connectivity index (χ0v) is 24.7. The van der Waals surface area contributed by atoms with Crippen LogP contribution < -0.4 is 4.74 Å². The lowest BCUT2D eigenvalue weighted by Crippen LogP contribution is -2.47. The normalized spacial score (nSPS) is 15.8. The Kier molecular flexibility index (Phi) is 9.61. The van der Waals surface area contributed by atoms with E-state index in [0.29, 0.717) is 35.3 Å². The minimum Gasteiger partial charge on any atom is -0.493 e. The van der Waals surface area contributed by atoms with E-state index in [-0.39, 0.29) is 17.9 Å². The van der Waals surface area contributed by atoms with Crippen molar-refractivity contribution in [1.82, 2.24) is 29.7 Å². The van der Waals surface area contributed by atoms with Crippen LogP contribution in [0.15, 0.2) is 54.9 Å². The molecule has 42 heavy (non-hydrogen) atoms. The van der Waals surface area contributed by atoms with Gasteiger partial charge in [-0.25, -0.2) is 9.97 Å². The van der Waals surface area contributed by atoms with Crippen LogP contribution in [-0.4, -0.2) is 86.7 Å². The van der Waals surface area contributed by atoms with Gasteiger partial charge in [-0.15, -0.1) is 0 Å². The Hall–Kier alpha value is -4.08. The predicted octanol–water partition coefficient (Wildman–Crippen LogP) is 5.14. The van der Waals surface area contributed by atoms with E-state index in [1.165, 1.54) is 0 Å². The molecule has 9 nitrogen and oxygen atoms in total. The van der Waals surface area contributed by atoms with E-state index in [0.717, 1.165) is 61.9 Å². The summed E-state index contributed by atoms with van der Waals surface area (Å²) in [7, 11) is 2.08. The molecular weight excluding hydrogens is 528 g/mol. The highest BCUT2D eigenvalue weighted by molar-refractivity contribution is 5.98. The number of likely N-dealkylation sites (N-methyl/N-ethyl adjacent to an activating group) is 1. The highest BCUT2D eigenvalue weighted by atomic mass is 16.5. The van der Waals surface area contributed by atoms with Gasteiger partial charge in [-0.2, -0.15) is 0 Å². The highest BCUT2D eigenvalue weighted by Gasteiger charge is 2.22. The fourth-order valence-corrected chi connectivity index (χ4v) is 5.19. The van der Waals surface area contributed by atoms with Crippen LogP contribution in [0.3, 0.4) is 0 Å². The summed E-state index contributed by atoms with van der Waals surface area (Å²) >= 11 is 0. The van der Waals surface area contributed by atoms with Crippen molar-refractivity contribution in [3.8, 4) is 17.1 Å². The van der Waals surface area contributed by atoms with E-state index in [2.05, 4.69) is 46.8 Å². The number of hydrogen-bond donors (Lipinski definition) is 2. The third-order valence-electron chi connectivity index (χ3n) is 7.88. The number of amides is 1. The molecule has 2 atom stereocenters. The zero-order chi connectivity index (χ0) is 29.5. The van der Waals surface area contributed by atoms with Crippen LogP contribution in [-0.2, 0) is 0 Å². The van der Waals surface area contributed by atoms with E-state index in [4.69, 9.17) is 9.72 Å². The molecule has 0 spiro atoms. The number of pyridine rings is 1. The van der Waals surface area contributed by atoms with Gasteiger partial charge >= 0.3 is 0 Å². The topological polar surface area (TPSA) is 107 Å². The lowest BCUT2D eigenvalue weighted by atomic mass is 9.97. The smallest absolute Gasteiger partial charge is 0.270 e. The third kappa shape index (κ3) is 7.21. The van der Waals surface area contributed by atoms with E-state index >= 15 is 0 Å². The summed E-state index contributed by atoms with van der Waals surface area (Å²) in [6.45, 7) is 7.87. The number of carbonyl (C=O) groups excluding carboxylic acids is 1. The average Bonchev–Trinajstić information content (AvgIpc) is 3.44. The summed E-state index contributed by atoms with van der Waals surface area (Å²) in [6.07, 6.45) is 9.48. The van der Waals surface area contributed by atoms with Gasteiger partial charge < -0.3 is 24.6 Å². The molecular formula is C33H40N6O3. The molecule has 3 aromatic heterocycles. The summed E-state index contributed by atoms with van der Waals surface area (Å²) < 4.78 is 6.03. The molecule has 4 aromatic rings. The lowest BCUT2D eigenvalue weighted by Gasteiger charge is -2.32. The van der Waals surface area contributed by atoms with Gasteiger partial charge in [-0.05, 0) is 61.9 Å². The molecule has 2 unspecified atom stereocenters. The molecule has 4 heterocycles. The maximum atomic E-state index is 13.0. The van der Waals surface area contributed by atoms with E-state index in [1.54, 1.807) is 12.4 Å². The number of H-pyrrole nitrogens is 1. The number of carbonyl (C=O) groups is 1. The first-order valence-electron chi connectivity index (χ1n) is 14.8. The largest absolute Gasteiger partial charge is 0.493 e. The van der Waals surface area contributed by atoms with Crippen LogP contribution in [0.5, 0.6) is 5.75 Å². The second kappa shape index (κ2) is 13.7. The van der Waals surface area contributed by atoms with Crippen LogP contribution in [0.25, 0.3) is 34.4 Å². The molecule has 1 aromatic carbocycles. The maximum Gasteiger partial charge on any atom is 0.270 e. The molecule has 1 aliphatic rings. The number of nitrogens with zero attached hydrogens (tertiary/aromatic N) is 5. The fraction of sp³-hybridized carbons (Fsp3) is 0.394. The van der Waals surface area contributed by atoms with Gasteiger partial charge in [0.1, 0.15) is 11.4 Å². The van der Waals surface area contributed by atoms with Crippen molar-refractivity contribution in [2.24, 2.45) is 5.92 Å². The Morgan fingerprint density at radius 1 is 1.02 bits per heavy atom. The minimum absolute atomic E-state index is 0.0453. The molecule has 0 saturated carbocycles. The monoisotopic (exact) mass is 568 g/mol. The number of aromatic amines is 1. The van der Waals surface area contributed by atoms with Gasteiger partial charge in [0.15, 0.2) is 5.82 Å². The van der Waals surface area contributed by atoms with Gasteiger partial charge in [0.25, 0.3) is 5.91 Å². The molecule has 1 amide bonds. The molecule has 5 rings (SSSR count). The van der Waals surface area contributed by atoms with Crippen molar-refractivity contribution < 1.29 is 14.6 Å². The van der Waals surface area contributed by atoms with E-state index < -0.39 is 0 Å². The number of aliphatic hydroxyl groups excluding tert-OH is 1. The first kappa shape index (κ1) is 29.4. The van der Waals surface area contributed by atoms with Gasteiger partial charge in [-0.1, -0.05) is 32.4 Å². The number of piperazine rings is 1. The van der Waals surface area contributed by atoms with Crippen molar-refractivity contribution in [3.05, 3.63) is 71.9 Å². The Morgan fingerprint density at radius 2 is 1.83 bits per heavy atom. The number of rotatable bonds is 11. The van der Waals surface area contributed by atoms with Gasteiger partial charge in [-0.3, -0.25) is 9.78 Å². The van der Waals surface area contributed by atoms with Crippen molar-refractivity contribution in [1.29, 1.82) is 0 Å². The zero-order valence-electron chi connectivity index (χ0n) is 24.7.